The van der Waals surface area contributed by atoms with Crippen LogP contribution in [-0.4, -0.2) is 24.2 Å². The van der Waals surface area contributed by atoms with Crippen LogP contribution in [0, 0.1) is 0 Å². The number of fused-ring (bicyclic) bond motifs is 1. The fourth-order valence-corrected chi connectivity index (χ4v) is 2.20. The van der Waals surface area contributed by atoms with E-state index in [1.165, 1.54) is 16.5 Å². The van der Waals surface area contributed by atoms with Gasteiger partial charge in [-0.05, 0) is 37.3 Å². The highest BCUT2D eigenvalue weighted by Crippen LogP contribution is 2.19. The number of carbonyl (C=O) groups excluding carboxylic acids is 1. The first-order chi connectivity index (χ1) is 9.81. The summed E-state index contributed by atoms with van der Waals surface area (Å²) in [5.41, 5.74) is 2.51. The largest absolute Gasteiger partial charge is 0.450 e. The third kappa shape index (κ3) is 4.02. The van der Waals surface area contributed by atoms with Crippen LogP contribution in [0.15, 0.2) is 30.5 Å². The lowest BCUT2D eigenvalue weighted by atomic mass is 10.1. The van der Waals surface area contributed by atoms with Gasteiger partial charge in [0.1, 0.15) is 0 Å². The molecule has 2 rings (SSSR count). The summed E-state index contributed by atoms with van der Waals surface area (Å²) < 4.78 is 5.09. The quantitative estimate of drug-likeness (QED) is 0.757. The number of carbonyl (C=O) groups is 1. The Kier molecular flexibility index (Phi) is 5.47. The van der Waals surface area contributed by atoms with Crippen LogP contribution < -0.4 is 5.32 Å². The zero-order valence-electron chi connectivity index (χ0n) is 11.9. The molecule has 0 aliphatic rings. The zero-order valence-corrected chi connectivity index (χ0v) is 11.9. The minimum Gasteiger partial charge on any atom is -0.450 e. The Bertz CT molecular complexity index is 548. The number of rotatable bonds is 7. The number of aromatic amines is 1. The van der Waals surface area contributed by atoms with Crippen molar-refractivity contribution in [1.82, 2.24) is 10.3 Å². The molecule has 0 fully saturated rings. The van der Waals surface area contributed by atoms with Gasteiger partial charge in [-0.25, -0.2) is 4.79 Å². The number of para-hydroxylation sites is 1. The first kappa shape index (κ1) is 14.4. The van der Waals surface area contributed by atoms with Crippen molar-refractivity contribution in [2.45, 2.75) is 32.6 Å². The molecule has 0 radical (unpaired) electrons. The molecule has 0 aliphatic carbocycles. The van der Waals surface area contributed by atoms with Gasteiger partial charge in [0.15, 0.2) is 0 Å². The van der Waals surface area contributed by atoms with Crippen LogP contribution in [-0.2, 0) is 11.2 Å². The molecule has 2 N–H and O–H groups in total. The lowest BCUT2D eigenvalue weighted by molar-refractivity contribution is 0.144. The van der Waals surface area contributed by atoms with Crippen LogP contribution in [0.4, 0.5) is 4.79 Å². The van der Waals surface area contributed by atoms with E-state index in [0.717, 1.165) is 25.7 Å². The van der Waals surface area contributed by atoms with Gasteiger partial charge in [0.05, 0.1) is 6.61 Å². The molecule has 0 saturated heterocycles. The van der Waals surface area contributed by atoms with Gasteiger partial charge in [-0.1, -0.05) is 25.1 Å². The van der Waals surface area contributed by atoms with E-state index in [0.29, 0.717) is 13.2 Å². The predicted octanol–water partition coefficient (Wildman–Crippen LogP) is 3.63. The Morgan fingerprint density at radius 1 is 1.30 bits per heavy atom. The molecule has 1 aromatic carbocycles. The number of H-pyrrole nitrogens is 1. The van der Waals surface area contributed by atoms with Gasteiger partial charge >= 0.3 is 6.09 Å². The molecule has 4 heteroatoms. The summed E-state index contributed by atoms with van der Waals surface area (Å²) >= 11 is 0. The number of hydrogen-bond donors (Lipinski definition) is 2. The minimum absolute atomic E-state index is 0.307. The minimum atomic E-state index is -0.307. The van der Waals surface area contributed by atoms with E-state index in [9.17, 15) is 4.79 Å². The van der Waals surface area contributed by atoms with Crippen molar-refractivity contribution < 1.29 is 9.53 Å². The Morgan fingerprint density at radius 2 is 2.15 bits per heavy atom. The summed E-state index contributed by atoms with van der Waals surface area (Å²) in [7, 11) is 0. The van der Waals surface area contributed by atoms with Gasteiger partial charge in [-0.3, -0.25) is 0 Å². The number of ether oxygens (including phenoxy) is 1. The van der Waals surface area contributed by atoms with E-state index < -0.39 is 0 Å². The van der Waals surface area contributed by atoms with E-state index in [-0.39, 0.29) is 6.09 Å². The van der Waals surface area contributed by atoms with Crippen LogP contribution in [0.1, 0.15) is 31.7 Å². The number of alkyl carbamates (subject to hydrolysis) is 1. The van der Waals surface area contributed by atoms with Gasteiger partial charge in [0, 0.05) is 23.6 Å². The maximum Gasteiger partial charge on any atom is 0.407 e. The van der Waals surface area contributed by atoms with E-state index in [2.05, 4.69) is 34.7 Å². The maximum atomic E-state index is 11.2. The summed E-state index contributed by atoms with van der Waals surface area (Å²) in [6, 6.07) is 8.31. The van der Waals surface area contributed by atoms with Gasteiger partial charge in [0.25, 0.3) is 0 Å². The number of nitrogens with one attached hydrogen (secondary N) is 2. The maximum absolute atomic E-state index is 11.2. The second kappa shape index (κ2) is 7.58. The average molecular weight is 274 g/mol. The normalized spacial score (nSPS) is 10.7. The summed E-state index contributed by atoms with van der Waals surface area (Å²) in [5, 5.41) is 3.98. The first-order valence-electron chi connectivity index (χ1n) is 7.27. The first-order valence-corrected chi connectivity index (χ1v) is 7.27. The van der Waals surface area contributed by atoms with Crippen molar-refractivity contribution >= 4 is 17.0 Å². The molecule has 0 aliphatic heterocycles. The highest BCUT2D eigenvalue weighted by molar-refractivity contribution is 5.82. The average Bonchev–Trinajstić information content (AvgIpc) is 2.88. The molecular weight excluding hydrogens is 252 g/mol. The molecule has 108 valence electrons. The Balaban J connectivity index is 1.67. The highest BCUT2D eigenvalue weighted by atomic mass is 16.5. The molecule has 4 nitrogen and oxygen atoms in total. The Morgan fingerprint density at radius 3 is 3.00 bits per heavy atom. The monoisotopic (exact) mass is 274 g/mol. The summed E-state index contributed by atoms with van der Waals surface area (Å²) in [5.74, 6) is 0. The van der Waals surface area contributed by atoms with Crippen molar-refractivity contribution in [3.8, 4) is 0 Å². The number of amides is 1. The highest BCUT2D eigenvalue weighted by Gasteiger charge is 2.03. The van der Waals surface area contributed by atoms with E-state index in [1.807, 2.05) is 13.0 Å². The Labute approximate surface area is 119 Å². The summed E-state index contributed by atoms with van der Waals surface area (Å²) in [6.45, 7) is 3.17. The lowest BCUT2D eigenvalue weighted by Gasteiger charge is -2.05. The van der Waals surface area contributed by atoms with Crippen LogP contribution in [0.3, 0.4) is 0 Å². The number of aryl methyl sites for hydroxylation is 1. The lowest BCUT2D eigenvalue weighted by Crippen LogP contribution is -2.25. The molecule has 0 bridgehead atoms. The van der Waals surface area contributed by atoms with Crippen molar-refractivity contribution in [3.05, 3.63) is 36.0 Å². The molecule has 0 saturated carbocycles. The number of unbranched alkanes of at least 4 members (excludes halogenated alkanes) is 1. The SMILES string of the molecule is CCCNC(=O)OCCCCc1c[nH]c2ccccc12. The molecule has 1 amide bonds. The zero-order chi connectivity index (χ0) is 14.2. The third-order valence-electron chi connectivity index (χ3n) is 3.27. The van der Waals surface area contributed by atoms with Gasteiger partial charge in [-0.2, -0.15) is 0 Å². The second-order valence-electron chi connectivity index (χ2n) is 4.88. The molecule has 20 heavy (non-hydrogen) atoms. The van der Waals surface area contributed by atoms with Crippen LogP contribution in [0.25, 0.3) is 10.9 Å². The number of aromatic nitrogens is 1. The van der Waals surface area contributed by atoms with Crippen molar-refractivity contribution in [3.63, 3.8) is 0 Å². The van der Waals surface area contributed by atoms with Crippen molar-refractivity contribution in [2.75, 3.05) is 13.2 Å². The molecule has 1 aromatic heterocycles. The van der Waals surface area contributed by atoms with E-state index in [1.54, 1.807) is 0 Å². The number of benzene rings is 1. The number of hydrogen-bond acceptors (Lipinski definition) is 2. The van der Waals surface area contributed by atoms with Crippen LogP contribution >= 0.6 is 0 Å². The van der Waals surface area contributed by atoms with Crippen molar-refractivity contribution in [1.29, 1.82) is 0 Å². The van der Waals surface area contributed by atoms with Gasteiger partial charge < -0.3 is 15.0 Å². The van der Waals surface area contributed by atoms with E-state index in [4.69, 9.17) is 4.74 Å². The van der Waals surface area contributed by atoms with Gasteiger partial charge in [-0.15, -0.1) is 0 Å². The van der Waals surface area contributed by atoms with Gasteiger partial charge in [0.2, 0.25) is 0 Å². The standard InChI is InChI=1S/C16H22N2O2/c1-2-10-17-16(19)20-11-6-5-7-13-12-18-15-9-4-3-8-14(13)15/h3-4,8-9,12,18H,2,5-7,10-11H2,1H3,(H,17,19). The fourth-order valence-electron chi connectivity index (χ4n) is 2.20. The Hall–Kier alpha value is -1.97. The fraction of sp³-hybridized carbons (Fsp3) is 0.438. The molecule has 2 aromatic rings. The molecule has 1 heterocycles. The van der Waals surface area contributed by atoms with Crippen LogP contribution in [0.5, 0.6) is 0 Å². The second-order valence-corrected chi connectivity index (χ2v) is 4.88. The van der Waals surface area contributed by atoms with Crippen molar-refractivity contribution in [2.24, 2.45) is 0 Å². The smallest absolute Gasteiger partial charge is 0.407 e. The summed E-state index contributed by atoms with van der Waals surface area (Å²) in [4.78, 5) is 14.5. The molecular formula is C16H22N2O2. The molecule has 0 unspecified atom stereocenters. The molecule has 0 spiro atoms. The van der Waals surface area contributed by atoms with E-state index >= 15 is 0 Å². The summed E-state index contributed by atoms with van der Waals surface area (Å²) in [6.07, 6.45) is 5.60. The predicted molar refractivity (Wildman–Crippen MR) is 80.9 cm³/mol. The third-order valence-corrected chi connectivity index (χ3v) is 3.27. The topological polar surface area (TPSA) is 54.1 Å². The van der Waals surface area contributed by atoms with Crippen LogP contribution in [0.2, 0.25) is 0 Å². The molecule has 0 atom stereocenters.